The SMILES string of the molecule is C.C.C=C(C)C(=O)OCC(O)CO. The minimum atomic E-state index is -1.00. The summed E-state index contributed by atoms with van der Waals surface area (Å²) >= 11 is 0. The molecule has 4 heteroatoms. The molecule has 0 aliphatic heterocycles. The highest BCUT2D eigenvalue weighted by molar-refractivity contribution is 5.86. The normalized spacial score (nSPS) is 10.4. The number of aliphatic hydroxyl groups is 2. The molecule has 1 unspecified atom stereocenters. The highest BCUT2D eigenvalue weighted by Gasteiger charge is 2.07. The fraction of sp³-hybridized carbons (Fsp3) is 0.667. The Morgan fingerprint density at radius 1 is 1.54 bits per heavy atom. The van der Waals surface area contributed by atoms with Gasteiger partial charge in [0.05, 0.1) is 6.61 Å². The Morgan fingerprint density at radius 3 is 2.31 bits per heavy atom. The summed E-state index contributed by atoms with van der Waals surface area (Å²) in [5.74, 6) is -0.558. The summed E-state index contributed by atoms with van der Waals surface area (Å²) < 4.78 is 4.51. The molecule has 0 rings (SSSR count). The molecule has 2 N–H and O–H groups in total. The fourth-order valence-corrected chi connectivity index (χ4v) is 0.348. The summed E-state index contributed by atoms with van der Waals surface area (Å²) in [5, 5.41) is 17.1. The highest BCUT2D eigenvalue weighted by atomic mass is 16.5. The minimum Gasteiger partial charge on any atom is -0.460 e. The lowest BCUT2D eigenvalue weighted by molar-refractivity contribution is -0.142. The summed E-state index contributed by atoms with van der Waals surface area (Å²) in [7, 11) is 0. The number of ether oxygens (including phenoxy) is 1. The zero-order valence-electron chi connectivity index (χ0n) is 6.41. The van der Waals surface area contributed by atoms with Gasteiger partial charge in [-0.25, -0.2) is 4.79 Å². The second kappa shape index (κ2) is 9.22. The maximum atomic E-state index is 10.6. The average Bonchev–Trinajstić information content (AvgIpc) is 1.99. The van der Waals surface area contributed by atoms with Gasteiger partial charge in [0.25, 0.3) is 0 Å². The van der Waals surface area contributed by atoms with Crippen LogP contribution in [0.2, 0.25) is 0 Å². The molecule has 0 bridgehead atoms. The Bertz CT molecular complexity index is 154. The van der Waals surface area contributed by atoms with Crippen LogP contribution in [-0.4, -0.2) is 35.5 Å². The van der Waals surface area contributed by atoms with E-state index in [1.807, 2.05) is 0 Å². The van der Waals surface area contributed by atoms with Gasteiger partial charge < -0.3 is 14.9 Å². The first-order chi connectivity index (χ1) is 5.07. The van der Waals surface area contributed by atoms with Crippen molar-refractivity contribution >= 4 is 5.97 Å². The number of aliphatic hydroxyl groups excluding tert-OH is 2. The van der Waals surface area contributed by atoms with E-state index in [4.69, 9.17) is 10.2 Å². The number of hydrogen-bond donors (Lipinski definition) is 2. The van der Waals surface area contributed by atoms with Crippen molar-refractivity contribution < 1.29 is 19.7 Å². The van der Waals surface area contributed by atoms with Crippen molar-refractivity contribution in [2.45, 2.75) is 27.9 Å². The maximum Gasteiger partial charge on any atom is 0.333 e. The van der Waals surface area contributed by atoms with Crippen LogP contribution >= 0.6 is 0 Å². The number of esters is 1. The molecule has 13 heavy (non-hydrogen) atoms. The molecule has 0 aliphatic rings. The first kappa shape index (κ1) is 18.0. The van der Waals surface area contributed by atoms with E-state index in [1.54, 1.807) is 0 Å². The van der Waals surface area contributed by atoms with Crippen molar-refractivity contribution in [3.05, 3.63) is 12.2 Å². The van der Waals surface area contributed by atoms with Crippen molar-refractivity contribution in [1.29, 1.82) is 0 Å². The molecule has 4 nitrogen and oxygen atoms in total. The lowest BCUT2D eigenvalue weighted by Gasteiger charge is -2.07. The van der Waals surface area contributed by atoms with Crippen LogP contribution < -0.4 is 0 Å². The van der Waals surface area contributed by atoms with Crippen LogP contribution in [0, 0.1) is 0 Å². The first-order valence-electron chi connectivity index (χ1n) is 3.19. The molecule has 0 saturated heterocycles. The molecule has 0 radical (unpaired) electrons. The van der Waals surface area contributed by atoms with E-state index in [1.165, 1.54) is 6.92 Å². The van der Waals surface area contributed by atoms with Gasteiger partial charge in [0.15, 0.2) is 0 Å². The Hall–Kier alpha value is -0.870. The van der Waals surface area contributed by atoms with Crippen LogP contribution in [0.15, 0.2) is 12.2 Å². The van der Waals surface area contributed by atoms with E-state index in [0.29, 0.717) is 0 Å². The number of hydrogen-bond acceptors (Lipinski definition) is 4. The maximum absolute atomic E-state index is 10.6. The highest BCUT2D eigenvalue weighted by Crippen LogP contribution is 1.93. The second-order valence-corrected chi connectivity index (χ2v) is 2.22. The number of carbonyl (C=O) groups excluding carboxylic acids is 1. The molecule has 80 valence electrons. The Labute approximate surface area is 79.8 Å². The molecule has 0 heterocycles. The van der Waals surface area contributed by atoms with Gasteiger partial charge in [-0.05, 0) is 6.92 Å². The summed E-state index contributed by atoms with van der Waals surface area (Å²) in [5.41, 5.74) is 0.273. The standard InChI is InChI=1S/C7H12O4.2CH4/c1-5(2)7(10)11-4-6(9)3-8;;/h6,8-9H,1,3-4H2,2H3;2*1H4. The van der Waals surface area contributed by atoms with Gasteiger partial charge in [-0.2, -0.15) is 0 Å². The predicted molar refractivity (Wildman–Crippen MR) is 52.3 cm³/mol. The Balaban J connectivity index is -0.000000500. The van der Waals surface area contributed by atoms with Crippen molar-refractivity contribution in [3.63, 3.8) is 0 Å². The molecule has 0 amide bonds. The molecule has 0 fully saturated rings. The zero-order valence-corrected chi connectivity index (χ0v) is 6.41. The third-order valence-electron chi connectivity index (χ3n) is 0.966. The summed E-state index contributed by atoms with van der Waals surface area (Å²) in [6.07, 6.45) is -1.00. The van der Waals surface area contributed by atoms with Crippen LogP contribution in [0.3, 0.4) is 0 Å². The van der Waals surface area contributed by atoms with Gasteiger partial charge in [-0.3, -0.25) is 0 Å². The van der Waals surface area contributed by atoms with Gasteiger partial charge in [0, 0.05) is 5.57 Å². The molecule has 0 aromatic carbocycles. The lowest BCUT2D eigenvalue weighted by Crippen LogP contribution is -2.22. The summed E-state index contributed by atoms with van der Waals surface area (Å²) in [4.78, 5) is 10.6. The molecule has 0 spiro atoms. The van der Waals surface area contributed by atoms with Gasteiger partial charge >= 0.3 is 5.97 Å². The van der Waals surface area contributed by atoms with E-state index < -0.39 is 18.7 Å². The van der Waals surface area contributed by atoms with Crippen LogP contribution in [0.25, 0.3) is 0 Å². The lowest BCUT2D eigenvalue weighted by atomic mass is 10.3. The number of carbonyl (C=O) groups is 1. The van der Waals surface area contributed by atoms with Crippen LogP contribution in [0.5, 0.6) is 0 Å². The molecule has 0 saturated carbocycles. The van der Waals surface area contributed by atoms with Gasteiger partial charge in [-0.1, -0.05) is 21.4 Å². The molecule has 0 aromatic rings. The van der Waals surface area contributed by atoms with E-state index >= 15 is 0 Å². The fourth-order valence-electron chi connectivity index (χ4n) is 0.348. The predicted octanol–water partition coefficient (Wildman–Crippen LogP) is 0.731. The third-order valence-corrected chi connectivity index (χ3v) is 0.966. The first-order valence-corrected chi connectivity index (χ1v) is 3.19. The second-order valence-electron chi connectivity index (χ2n) is 2.22. The van der Waals surface area contributed by atoms with Crippen molar-refractivity contribution in [2.75, 3.05) is 13.2 Å². The van der Waals surface area contributed by atoms with Crippen molar-refractivity contribution in [2.24, 2.45) is 0 Å². The summed E-state index contributed by atoms with van der Waals surface area (Å²) in [6.45, 7) is 4.24. The van der Waals surface area contributed by atoms with Crippen LogP contribution in [0.4, 0.5) is 0 Å². The molecule has 1 atom stereocenters. The number of rotatable bonds is 4. The van der Waals surface area contributed by atoms with Crippen molar-refractivity contribution in [3.8, 4) is 0 Å². The third kappa shape index (κ3) is 9.04. The molecular weight excluding hydrogens is 172 g/mol. The largest absolute Gasteiger partial charge is 0.460 e. The average molecular weight is 192 g/mol. The van der Waals surface area contributed by atoms with Crippen molar-refractivity contribution in [1.82, 2.24) is 0 Å². The molecule has 0 aliphatic carbocycles. The quantitative estimate of drug-likeness (QED) is 0.509. The van der Waals surface area contributed by atoms with Gasteiger partial charge in [0.1, 0.15) is 12.7 Å². The Kier molecular flexibility index (Phi) is 12.8. The van der Waals surface area contributed by atoms with E-state index in [9.17, 15) is 4.79 Å². The Morgan fingerprint density at radius 2 is 2.00 bits per heavy atom. The molecular formula is C9H20O4. The smallest absolute Gasteiger partial charge is 0.333 e. The van der Waals surface area contributed by atoms with E-state index in [-0.39, 0.29) is 27.0 Å². The molecule has 0 aromatic heterocycles. The minimum absolute atomic E-state index is 0. The monoisotopic (exact) mass is 192 g/mol. The van der Waals surface area contributed by atoms with Gasteiger partial charge in [-0.15, -0.1) is 0 Å². The summed E-state index contributed by atoms with van der Waals surface area (Å²) in [6, 6.07) is 0. The topological polar surface area (TPSA) is 66.8 Å². The van der Waals surface area contributed by atoms with E-state index in [0.717, 1.165) is 0 Å². The van der Waals surface area contributed by atoms with E-state index in [2.05, 4.69) is 11.3 Å². The van der Waals surface area contributed by atoms with Gasteiger partial charge in [0.2, 0.25) is 0 Å². The van der Waals surface area contributed by atoms with Crippen LogP contribution in [-0.2, 0) is 9.53 Å². The van der Waals surface area contributed by atoms with Crippen LogP contribution in [0.1, 0.15) is 21.8 Å². The zero-order chi connectivity index (χ0) is 8.85.